The number of fused-ring (bicyclic) bond motifs is 2. The molecular formula is C24H20O4. The molecule has 0 atom stereocenters. The fourth-order valence-electron chi connectivity index (χ4n) is 3.54. The Kier molecular flexibility index (Phi) is 4.27. The SMILES string of the molecule is CC1(C)CC(=O)c2cc(C(=O)/C=C/c3cccc4ccccc34)c(O)cc2O1. The summed E-state index contributed by atoms with van der Waals surface area (Å²) in [6.07, 6.45) is 3.37. The number of allylic oxidation sites excluding steroid dienone is 1. The zero-order valence-electron chi connectivity index (χ0n) is 15.7. The van der Waals surface area contributed by atoms with Crippen molar-refractivity contribution in [3.8, 4) is 11.5 Å². The predicted molar refractivity (Wildman–Crippen MR) is 109 cm³/mol. The van der Waals surface area contributed by atoms with Gasteiger partial charge in [-0.15, -0.1) is 0 Å². The molecule has 140 valence electrons. The molecule has 1 aliphatic rings. The maximum absolute atomic E-state index is 12.7. The molecule has 0 amide bonds. The van der Waals surface area contributed by atoms with E-state index < -0.39 is 5.60 Å². The van der Waals surface area contributed by atoms with Gasteiger partial charge in [-0.3, -0.25) is 9.59 Å². The number of ketones is 2. The highest BCUT2D eigenvalue weighted by molar-refractivity contribution is 6.11. The topological polar surface area (TPSA) is 63.6 Å². The van der Waals surface area contributed by atoms with Crippen molar-refractivity contribution in [3.63, 3.8) is 0 Å². The molecule has 3 aromatic carbocycles. The third-order valence-electron chi connectivity index (χ3n) is 4.87. The summed E-state index contributed by atoms with van der Waals surface area (Å²) in [4.78, 5) is 25.1. The van der Waals surface area contributed by atoms with Crippen molar-refractivity contribution >= 4 is 28.4 Å². The monoisotopic (exact) mass is 372 g/mol. The number of carbonyl (C=O) groups excluding carboxylic acids is 2. The molecule has 4 heteroatoms. The summed E-state index contributed by atoms with van der Waals surface area (Å²) in [6, 6.07) is 16.6. The molecule has 4 nitrogen and oxygen atoms in total. The molecule has 0 aromatic heterocycles. The van der Waals surface area contributed by atoms with E-state index in [-0.39, 0.29) is 29.3 Å². The summed E-state index contributed by atoms with van der Waals surface area (Å²) in [5.74, 6) is -0.352. The van der Waals surface area contributed by atoms with Crippen LogP contribution in [0.3, 0.4) is 0 Å². The first-order valence-electron chi connectivity index (χ1n) is 9.13. The lowest BCUT2D eigenvalue weighted by Crippen LogP contribution is -2.36. The van der Waals surface area contributed by atoms with Gasteiger partial charge in [0.25, 0.3) is 0 Å². The van der Waals surface area contributed by atoms with Crippen LogP contribution in [0, 0.1) is 0 Å². The number of aromatic hydroxyl groups is 1. The first-order chi connectivity index (χ1) is 13.3. The minimum atomic E-state index is -0.629. The molecule has 1 N–H and O–H groups in total. The largest absolute Gasteiger partial charge is 0.507 e. The molecule has 3 aromatic rings. The average molecular weight is 372 g/mol. The van der Waals surface area contributed by atoms with E-state index in [9.17, 15) is 14.7 Å². The fourth-order valence-corrected chi connectivity index (χ4v) is 3.54. The van der Waals surface area contributed by atoms with E-state index in [0.29, 0.717) is 11.3 Å². The average Bonchev–Trinajstić information content (AvgIpc) is 2.64. The highest BCUT2D eigenvalue weighted by Crippen LogP contribution is 2.37. The number of hydrogen-bond donors (Lipinski definition) is 1. The highest BCUT2D eigenvalue weighted by Gasteiger charge is 2.33. The number of benzene rings is 3. The lowest BCUT2D eigenvalue weighted by molar-refractivity contribution is 0.0619. The van der Waals surface area contributed by atoms with Crippen molar-refractivity contribution in [3.05, 3.63) is 77.4 Å². The van der Waals surface area contributed by atoms with Crippen LogP contribution in [0.5, 0.6) is 11.5 Å². The lowest BCUT2D eigenvalue weighted by Gasteiger charge is -2.31. The molecular weight excluding hydrogens is 352 g/mol. The lowest BCUT2D eigenvalue weighted by atomic mass is 9.91. The van der Waals surface area contributed by atoms with Crippen LogP contribution in [0.1, 0.15) is 46.5 Å². The summed E-state index contributed by atoms with van der Waals surface area (Å²) in [6.45, 7) is 3.63. The minimum absolute atomic E-state index is 0.0897. The van der Waals surface area contributed by atoms with Crippen molar-refractivity contribution in [1.82, 2.24) is 0 Å². The predicted octanol–water partition coefficient (Wildman–Crippen LogP) is 5.19. The Morgan fingerprint density at radius 3 is 2.68 bits per heavy atom. The molecule has 1 aliphatic heterocycles. The minimum Gasteiger partial charge on any atom is -0.507 e. The maximum Gasteiger partial charge on any atom is 0.189 e. The second kappa shape index (κ2) is 6.64. The Morgan fingerprint density at radius 1 is 1.11 bits per heavy atom. The Bertz CT molecular complexity index is 1130. The molecule has 0 fully saturated rings. The normalized spacial score (nSPS) is 15.4. The van der Waals surface area contributed by atoms with Gasteiger partial charge >= 0.3 is 0 Å². The molecule has 0 saturated carbocycles. The maximum atomic E-state index is 12.7. The number of hydrogen-bond acceptors (Lipinski definition) is 4. The first kappa shape index (κ1) is 18.0. The van der Waals surface area contributed by atoms with Gasteiger partial charge < -0.3 is 9.84 Å². The van der Waals surface area contributed by atoms with Crippen LogP contribution >= 0.6 is 0 Å². The van der Waals surface area contributed by atoms with E-state index in [2.05, 4.69) is 0 Å². The Morgan fingerprint density at radius 2 is 1.86 bits per heavy atom. The zero-order valence-corrected chi connectivity index (χ0v) is 15.7. The summed E-state index contributed by atoms with van der Waals surface area (Å²) in [7, 11) is 0. The summed E-state index contributed by atoms with van der Waals surface area (Å²) in [5, 5.41) is 12.4. The third kappa shape index (κ3) is 3.29. The zero-order chi connectivity index (χ0) is 19.9. The van der Waals surface area contributed by atoms with Crippen LogP contribution in [0.25, 0.3) is 16.8 Å². The van der Waals surface area contributed by atoms with Crippen LogP contribution in [0.15, 0.2) is 60.7 Å². The van der Waals surface area contributed by atoms with Crippen LogP contribution in [-0.2, 0) is 0 Å². The highest BCUT2D eigenvalue weighted by atomic mass is 16.5. The Labute approximate surface area is 163 Å². The quantitative estimate of drug-likeness (QED) is 0.508. The number of phenols is 1. The van der Waals surface area contributed by atoms with E-state index in [4.69, 9.17) is 4.74 Å². The van der Waals surface area contributed by atoms with Gasteiger partial charge in [0.1, 0.15) is 17.1 Å². The van der Waals surface area contributed by atoms with Crippen molar-refractivity contribution in [1.29, 1.82) is 0 Å². The first-order valence-corrected chi connectivity index (χ1v) is 9.13. The van der Waals surface area contributed by atoms with Crippen LogP contribution < -0.4 is 4.74 Å². The van der Waals surface area contributed by atoms with Gasteiger partial charge in [0.2, 0.25) is 0 Å². The third-order valence-corrected chi connectivity index (χ3v) is 4.87. The smallest absolute Gasteiger partial charge is 0.189 e. The number of phenolic OH excluding ortho intramolecular Hbond substituents is 1. The molecule has 0 spiro atoms. The number of Topliss-reactive ketones (excluding diaryl/α,β-unsaturated/α-hetero) is 1. The van der Waals surface area contributed by atoms with Crippen LogP contribution in [0.2, 0.25) is 0 Å². The van der Waals surface area contributed by atoms with Crippen LogP contribution in [0.4, 0.5) is 0 Å². The number of rotatable bonds is 3. The van der Waals surface area contributed by atoms with Crippen molar-refractivity contribution in [2.75, 3.05) is 0 Å². The summed E-state index contributed by atoms with van der Waals surface area (Å²) >= 11 is 0. The van der Waals surface area contributed by atoms with E-state index in [1.54, 1.807) is 6.08 Å². The number of ether oxygens (including phenoxy) is 1. The molecule has 1 heterocycles. The molecule has 0 saturated heterocycles. The van der Waals surface area contributed by atoms with Gasteiger partial charge in [-0.25, -0.2) is 0 Å². The van der Waals surface area contributed by atoms with E-state index in [1.165, 1.54) is 18.2 Å². The molecule has 0 radical (unpaired) electrons. The van der Waals surface area contributed by atoms with E-state index in [1.807, 2.05) is 56.3 Å². The van der Waals surface area contributed by atoms with Crippen molar-refractivity contribution in [2.24, 2.45) is 0 Å². The van der Waals surface area contributed by atoms with Gasteiger partial charge in [-0.1, -0.05) is 48.5 Å². The second-order valence-corrected chi connectivity index (χ2v) is 7.59. The van der Waals surface area contributed by atoms with Crippen molar-refractivity contribution < 1.29 is 19.4 Å². The standard InChI is InChI=1S/C24H20O4/c1-24(2)14-22(27)19-12-18(21(26)13-23(19)28-24)20(25)11-10-16-8-5-7-15-6-3-4-9-17(15)16/h3-13,26H,14H2,1-2H3/b11-10+. The second-order valence-electron chi connectivity index (χ2n) is 7.59. The van der Waals surface area contributed by atoms with Crippen molar-refractivity contribution in [2.45, 2.75) is 25.9 Å². The van der Waals surface area contributed by atoms with Crippen LogP contribution in [-0.4, -0.2) is 22.3 Å². The Balaban J connectivity index is 1.68. The molecule has 4 rings (SSSR count). The molecule has 0 aliphatic carbocycles. The fraction of sp³-hybridized carbons (Fsp3) is 0.167. The summed E-state index contributed by atoms with van der Waals surface area (Å²) < 4.78 is 5.77. The number of carbonyl (C=O) groups is 2. The Hall–Kier alpha value is -3.40. The van der Waals surface area contributed by atoms with Gasteiger partial charge in [0.15, 0.2) is 11.6 Å². The molecule has 0 bridgehead atoms. The van der Waals surface area contributed by atoms with Gasteiger partial charge in [-0.2, -0.15) is 0 Å². The van der Waals surface area contributed by atoms with E-state index in [0.717, 1.165) is 16.3 Å². The molecule has 0 unspecified atom stereocenters. The summed E-state index contributed by atoms with van der Waals surface area (Å²) in [5.41, 5.74) is 0.701. The van der Waals surface area contributed by atoms with Gasteiger partial charge in [-0.05, 0) is 42.3 Å². The molecule has 28 heavy (non-hydrogen) atoms. The van der Waals surface area contributed by atoms with E-state index >= 15 is 0 Å². The van der Waals surface area contributed by atoms with Gasteiger partial charge in [0, 0.05) is 6.07 Å². The van der Waals surface area contributed by atoms with Gasteiger partial charge in [0.05, 0.1) is 17.5 Å².